The van der Waals surface area contributed by atoms with Gasteiger partial charge in [-0.15, -0.1) is 0 Å². The molecule has 2 fully saturated rings. The number of ketones is 1. The van der Waals surface area contributed by atoms with Crippen molar-refractivity contribution >= 4 is 5.78 Å². The SMILES string of the molecule is CCC1CCC(C2CCC(C)C(=O)C2)CC1. The fraction of sp³-hybridized carbons (Fsp3) is 0.933. The number of Topliss-reactive ketones (excluding diaryl/α,β-unsaturated/α-hetero) is 1. The lowest BCUT2D eigenvalue weighted by Gasteiger charge is -2.36. The van der Waals surface area contributed by atoms with Gasteiger partial charge >= 0.3 is 0 Å². The van der Waals surface area contributed by atoms with Crippen molar-refractivity contribution < 1.29 is 4.79 Å². The van der Waals surface area contributed by atoms with E-state index < -0.39 is 0 Å². The Labute approximate surface area is 100.0 Å². The first-order valence-corrected chi connectivity index (χ1v) is 7.23. The standard InChI is InChI=1S/C15H26O/c1-3-12-5-8-13(9-6-12)14-7-4-11(2)15(16)10-14/h11-14H,3-10H2,1-2H3. The van der Waals surface area contributed by atoms with Gasteiger partial charge in [0.2, 0.25) is 0 Å². The predicted molar refractivity (Wildman–Crippen MR) is 67.3 cm³/mol. The number of rotatable bonds is 2. The summed E-state index contributed by atoms with van der Waals surface area (Å²) in [5, 5.41) is 0. The summed E-state index contributed by atoms with van der Waals surface area (Å²) in [5.74, 6) is 3.48. The maximum absolute atomic E-state index is 11.8. The van der Waals surface area contributed by atoms with Gasteiger partial charge in [-0.3, -0.25) is 4.79 Å². The smallest absolute Gasteiger partial charge is 0.135 e. The van der Waals surface area contributed by atoms with Crippen LogP contribution < -0.4 is 0 Å². The Morgan fingerprint density at radius 3 is 2.19 bits per heavy atom. The summed E-state index contributed by atoms with van der Waals surface area (Å²) in [6, 6.07) is 0. The monoisotopic (exact) mass is 222 g/mol. The molecule has 0 saturated heterocycles. The van der Waals surface area contributed by atoms with Crippen LogP contribution in [0.15, 0.2) is 0 Å². The van der Waals surface area contributed by atoms with Gasteiger partial charge in [0.15, 0.2) is 0 Å². The van der Waals surface area contributed by atoms with Crippen molar-refractivity contribution in [1.29, 1.82) is 0 Å². The van der Waals surface area contributed by atoms with Gasteiger partial charge in [-0.2, -0.15) is 0 Å². The molecule has 0 bridgehead atoms. The molecule has 0 N–H and O–H groups in total. The van der Waals surface area contributed by atoms with Crippen LogP contribution >= 0.6 is 0 Å². The second kappa shape index (κ2) is 5.33. The second-order valence-corrected chi connectivity index (χ2v) is 6.10. The van der Waals surface area contributed by atoms with Crippen molar-refractivity contribution in [3.63, 3.8) is 0 Å². The lowest BCUT2D eigenvalue weighted by atomic mass is 9.69. The average molecular weight is 222 g/mol. The first-order chi connectivity index (χ1) is 7.70. The van der Waals surface area contributed by atoms with Crippen LogP contribution in [0.1, 0.15) is 65.2 Å². The van der Waals surface area contributed by atoms with Crippen molar-refractivity contribution in [3.8, 4) is 0 Å². The third kappa shape index (κ3) is 2.67. The van der Waals surface area contributed by atoms with Gasteiger partial charge < -0.3 is 0 Å². The van der Waals surface area contributed by atoms with E-state index in [4.69, 9.17) is 0 Å². The average Bonchev–Trinajstić information content (AvgIpc) is 2.33. The van der Waals surface area contributed by atoms with Gasteiger partial charge in [-0.05, 0) is 43.4 Å². The molecule has 0 aromatic rings. The van der Waals surface area contributed by atoms with E-state index in [0.29, 0.717) is 11.7 Å². The van der Waals surface area contributed by atoms with Crippen molar-refractivity contribution in [2.24, 2.45) is 23.7 Å². The molecule has 1 nitrogen and oxygen atoms in total. The molecule has 0 amide bonds. The van der Waals surface area contributed by atoms with Crippen LogP contribution in [0.2, 0.25) is 0 Å². The Kier molecular flexibility index (Phi) is 4.05. The molecule has 1 heteroatoms. The quantitative estimate of drug-likeness (QED) is 0.684. The summed E-state index contributed by atoms with van der Waals surface area (Å²) in [6.45, 7) is 4.42. The van der Waals surface area contributed by atoms with E-state index in [2.05, 4.69) is 13.8 Å². The first kappa shape index (κ1) is 12.1. The lowest BCUT2D eigenvalue weighted by molar-refractivity contribution is -0.126. The van der Waals surface area contributed by atoms with E-state index in [9.17, 15) is 4.79 Å². The minimum Gasteiger partial charge on any atom is -0.299 e. The van der Waals surface area contributed by atoms with E-state index in [-0.39, 0.29) is 0 Å². The molecule has 0 spiro atoms. The van der Waals surface area contributed by atoms with Crippen LogP contribution in [0, 0.1) is 23.7 Å². The highest BCUT2D eigenvalue weighted by Gasteiger charge is 2.32. The Morgan fingerprint density at radius 2 is 1.62 bits per heavy atom. The summed E-state index contributed by atoms with van der Waals surface area (Å²) in [4.78, 5) is 11.8. The van der Waals surface area contributed by atoms with Gasteiger partial charge in [-0.1, -0.05) is 33.1 Å². The van der Waals surface area contributed by atoms with Gasteiger partial charge in [0.1, 0.15) is 5.78 Å². The molecule has 2 unspecified atom stereocenters. The summed E-state index contributed by atoms with van der Waals surface area (Å²) in [5.41, 5.74) is 0. The molecule has 0 heterocycles. The van der Waals surface area contributed by atoms with Crippen LogP contribution in [0.25, 0.3) is 0 Å². The maximum Gasteiger partial charge on any atom is 0.135 e. The van der Waals surface area contributed by atoms with E-state index in [1.54, 1.807) is 0 Å². The summed E-state index contributed by atoms with van der Waals surface area (Å²) >= 11 is 0. The molecule has 0 aliphatic heterocycles. The van der Waals surface area contributed by atoms with Crippen molar-refractivity contribution in [2.45, 2.75) is 65.2 Å². The van der Waals surface area contributed by atoms with Crippen LogP contribution in [-0.2, 0) is 4.79 Å². The highest BCUT2D eigenvalue weighted by molar-refractivity contribution is 5.81. The summed E-state index contributed by atoms with van der Waals surface area (Å²) < 4.78 is 0. The van der Waals surface area contributed by atoms with Gasteiger partial charge in [0.05, 0.1) is 0 Å². The Hall–Kier alpha value is -0.330. The normalized spacial score (nSPS) is 41.0. The van der Waals surface area contributed by atoms with Crippen molar-refractivity contribution in [3.05, 3.63) is 0 Å². The van der Waals surface area contributed by atoms with E-state index in [1.165, 1.54) is 38.5 Å². The summed E-state index contributed by atoms with van der Waals surface area (Å²) in [6.07, 6.45) is 10.3. The lowest BCUT2D eigenvalue weighted by Crippen LogP contribution is -2.30. The van der Waals surface area contributed by atoms with E-state index >= 15 is 0 Å². The Morgan fingerprint density at radius 1 is 1.00 bits per heavy atom. The summed E-state index contributed by atoms with van der Waals surface area (Å²) in [7, 11) is 0. The molecule has 0 aromatic carbocycles. The molecule has 2 aliphatic rings. The third-order valence-electron chi connectivity index (χ3n) is 5.12. The molecular formula is C15H26O. The van der Waals surface area contributed by atoms with Crippen LogP contribution in [0.5, 0.6) is 0 Å². The van der Waals surface area contributed by atoms with Crippen molar-refractivity contribution in [2.75, 3.05) is 0 Å². The molecule has 0 radical (unpaired) electrons. The Balaban J connectivity index is 1.83. The zero-order valence-corrected chi connectivity index (χ0v) is 10.9. The highest BCUT2D eigenvalue weighted by atomic mass is 16.1. The van der Waals surface area contributed by atoms with Crippen LogP contribution in [0.4, 0.5) is 0 Å². The number of hydrogen-bond donors (Lipinski definition) is 0. The minimum atomic E-state index is 0.350. The van der Waals surface area contributed by atoms with Gasteiger partial charge in [0, 0.05) is 12.3 Å². The molecule has 2 aliphatic carbocycles. The maximum atomic E-state index is 11.8. The molecule has 2 atom stereocenters. The van der Waals surface area contributed by atoms with Gasteiger partial charge in [-0.25, -0.2) is 0 Å². The fourth-order valence-corrected chi connectivity index (χ4v) is 3.66. The molecular weight excluding hydrogens is 196 g/mol. The molecule has 0 aromatic heterocycles. The highest BCUT2D eigenvalue weighted by Crippen LogP contribution is 2.40. The number of hydrogen-bond acceptors (Lipinski definition) is 1. The predicted octanol–water partition coefficient (Wildman–Crippen LogP) is 4.21. The van der Waals surface area contributed by atoms with Crippen molar-refractivity contribution in [1.82, 2.24) is 0 Å². The second-order valence-electron chi connectivity index (χ2n) is 6.10. The van der Waals surface area contributed by atoms with Crippen LogP contribution in [-0.4, -0.2) is 5.78 Å². The zero-order chi connectivity index (χ0) is 11.5. The van der Waals surface area contributed by atoms with Gasteiger partial charge in [0.25, 0.3) is 0 Å². The van der Waals surface area contributed by atoms with Crippen LogP contribution in [0.3, 0.4) is 0 Å². The third-order valence-corrected chi connectivity index (χ3v) is 5.12. The number of carbonyl (C=O) groups excluding carboxylic acids is 1. The molecule has 16 heavy (non-hydrogen) atoms. The minimum absolute atomic E-state index is 0.350. The molecule has 2 saturated carbocycles. The molecule has 92 valence electrons. The zero-order valence-electron chi connectivity index (χ0n) is 10.9. The largest absolute Gasteiger partial charge is 0.299 e. The molecule has 2 rings (SSSR count). The van der Waals surface area contributed by atoms with E-state index in [1.807, 2.05) is 0 Å². The first-order valence-electron chi connectivity index (χ1n) is 7.23. The fourth-order valence-electron chi connectivity index (χ4n) is 3.66. The topological polar surface area (TPSA) is 17.1 Å². The number of carbonyl (C=O) groups is 1. The van der Waals surface area contributed by atoms with E-state index in [0.717, 1.165) is 30.6 Å². The Bertz CT molecular complexity index is 238.